The normalized spacial score (nSPS) is 12.8. The van der Waals surface area contributed by atoms with Gasteiger partial charge in [0.2, 0.25) is 21.8 Å². The molecule has 0 saturated heterocycles. The van der Waals surface area contributed by atoms with E-state index in [1.807, 2.05) is 0 Å². The van der Waals surface area contributed by atoms with Gasteiger partial charge in [-0.1, -0.05) is 6.07 Å². The number of nitrogens with one attached hydrogen (secondary N) is 1. The second-order valence-corrected chi connectivity index (χ2v) is 8.67. The third-order valence-corrected chi connectivity index (χ3v) is 5.60. The fourth-order valence-electron chi connectivity index (χ4n) is 3.03. The van der Waals surface area contributed by atoms with Gasteiger partial charge in [-0.15, -0.1) is 0 Å². The number of carbonyl (C=O) groups is 2. The summed E-state index contributed by atoms with van der Waals surface area (Å²) in [6, 6.07) is 11.2. The SMILES string of the molecule is CS(=O)(=O)N(CCCC(=O)Nc1cccc(C(N)=O)c1)c1ccc2c(c1)OCCO2. The first-order chi connectivity index (χ1) is 14.2. The van der Waals surface area contributed by atoms with E-state index in [0.717, 1.165) is 6.26 Å². The minimum absolute atomic E-state index is 0.0946. The van der Waals surface area contributed by atoms with Crippen molar-refractivity contribution < 1.29 is 27.5 Å². The highest BCUT2D eigenvalue weighted by atomic mass is 32.2. The Morgan fingerprint density at radius 1 is 1.10 bits per heavy atom. The minimum atomic E-state index is -3.56. The Morgan fingerprint density at radius 2 is 1.83 bits per heavy atom. The third-order valence-electron chi connectivity index (χ3n) is 4.41. The van der Waals surface area contributed by atoms with Gasteiger partial charge in [0, 0.05) is 30.3 Å². The number of hydrogen-bond acceptors (Lipinski definition) is 6. The Hall–Kier alpha value is -3.27. The summed E-state index contributed by atoms with van der Waals surface area (Å²) in [6.45, 7) is 0.958. The first-order valence-electron chi connectivity index (χ1n) is 9.31. The van der Waals surface area contributed by atoms with Crippen LogP contribution in [0.2, 0.25) is 0 Å². The van der Waals surface area contributed by atoms with Crippen LogP contribution in [-0.4, -0.2) is 46.2 Å². The van der Waals surface area contributed by atoms with Crippen molar-refractivity contribution in [2.24, 2.45) is 5.73 Å². The number of hydrogen-bond donors (Lipinski definition) is 2. The average molecular weight is 433 g/mol. The summed E-state index contributed by atoms with van der Waals surface area (Å²) in [5.41, 5.74) is 6.41. The van der Waals surface area contributed by atoms with E-state index in [0.29, 0.717) is 42.5 Å². The standard InChI is InChI=1S/C20H23N3O6S/c1-30(26,27)23(16-7-8-17-18(13-16)29-11-10-28-17)9-3-6-19(24)22-15-5-2-4-14(12-15)20(21)25/h2,4-5,7-8,12-13H,3,6,9-11H2,1H3,(H2,21,25)(H,22,24). The van der Waals surface area contributed by atoms with E-state index < -0.39 is 15.9 Å². The van der Waals surface area contributed by atoms with Crippen LogP contribution in [0.1, 0.15) is 23.2 Å². The molecule has 3 N–H and O–H groups in total. The van der Waals surface area contributed by atoms with Crippen molar-refractivity contribution in [3.05, 3.63) is 48.0 Å². The molecule has 0 fully saturated rings. The predicted molar refractivity (Wildman–Crippen MR) is 112 cm³/mol. The highest BCUT2D eigenvalue weighted by Crippen LogP contribution is 2.34. The van der Waals surface area contributed by atoms with Gasteiger partial charge in [-0.25, -0.2) is 8.42 Å². The second-order valence-electron chi connectivity index (χ2n) is 6.76. The number of rotatable bonds is 8. The van der Waals surface area contributed by atoms with Crippen LogP contribution in [0.4, 0.5) is 11.4 Å². The van der Waals surface area contributed by atoms with E-state index in [-0.39, 0.29) is 24.4 Å². The topological polar surface area (TPSA) is 128 Å². The predicted octanol–water partition coefficient (Wildman–Crippen LogP) is 1.74. The molecule has 160 valence electrons. The van der Waals surface area contributed by atoms with Crippen LogP contribution in [0, 0.1) is 0 Å². The zero-order chi connectivity index (χ0) is 21.7. The monoisotopic (exact) mass is 433 g/mol. The summed E-state index contributed by atoms with van der Waals surface area (Å²) in [5.74, 6) is 0.164. The Morgan fingerprint density at radius 3 is 2.53 bits per heavy atom. The number of nitrogens with zero attached hydrogens (tertiary/aromatic N) is 1. The molecule has 2 aromatic rings. The smallest absolute Gasteiger partial charge is 0.248 e. The van der Waals surface area contributed by atoms with Crippen LogP contribution < -0.4 is 24.8 Å². The molecule has 30 heavy (non-hydrogen) atoms. The molecule has 2 aromatic carbocycles. The van der Waals surface area contributed by atoms with E-state index >= 15 is 0 Å². The number of nitrogens with two attached hydrogens (primary N) is 1. The number of amides is 2. The van der Waals surface area contributed by atoms with Gasteiger partial charge < -0.3 is 20.5 Å². The number of fused-ring (bicyclic) bond motifs is 1. The van der Waals surface area contributed by atoms with Crippen LogP contribution in [0.5, 0.6) is 11.5 Å². The van der Waals surface area contributed by atoms with Gasteiger partial charge in [0.25, 0.3) is 0 Å². The van der Waals surface area contributed by atoms with E-state index in [1.54, 1.807) is 36.4 Å². The molecule has 0 saturated carbocycles. The van der Waals surface area contributed by atoms with E-state index in [2.05, 4.69) is 5.32 Å². The lowest BCUT2D eigenvalue weighted by Crippen LogP contribution is -2.31. The van der Waals surface area contributed by atoms with Crippen LogP contribution in [0.3, 0.4) is 0 Å². The molecule has 0 atom stereocenters. The number of anilines is 2. The Labute approximate surface area is 174 Å². The van der Waals surface area contributed by atoms with Crippen molar-refractivity contribution in [2.45, 2.75) is 12.8 Å². The number of ether oxygens (including phenoxy) is 2. The van der Waals surface area contributed by atoms with Gasteiger partial charge >= 0.3 is 0 Å². The van der Waals surface area contributed by atoms with E-state index in [1.165, 1.54) is 10.4 Å². The van der Waals surface area contributed by atoms with Crippen molar-refractivity contribution in [3.63, 3.8) is 0 Å². The molecule has 0 aromatic heterocycles. The van der Waals surface area contributed by atoms with Crippen LogP contribution in [-0.2, 0) is 14.8 Å². The molecule has 2 amide bonds. The molecular weight excluding hydrogens is 410 g/mol. The van der Waals surface area contributed by atoms with Gasteiger partial charge in [-0.3, -0.25) is 13.9 Å². The lowest BCUT2D eigenvalue weighted by molar-refractivity contribution is -0.116. The molecule has 1 aliphatic heterocycles. The molecular formula is C20H23N3O6S. The van der Waals surface area contributed by atoms with Crippen LogP contribution in [0.25, 0.3) is 0 Å². The highest BCUT2D eigenvalue weighted by Gasteiger charge is 2.21. The minimum Gasteiger partial charge on any atom is -0.486 e. The van der Waals surface area contributed by atoms with E-state index in [4.69, 9.17) is 15.2 Å². The van der Waals surface area contributed by atoms with Gasteiger partial charge in [0.05, 0.1) is 11.9 Å². The van der Waals surface area contributed by atoms with Gasteiger partial charge in [-0.05, 0) is 36.8 Å². The summed E-state index contributed by atoms with van der Waals surface area (Å²) >= 11 is 0. The fourth-order valence-corrected chi connectivity index (χ4v) is 3.99. The zero-order valence-corrected chi connectivity index (χ0v) is 17.3. The zero-order valence-electron chi connectivity index (χ0n) is 16.5. The van der Waals surface area contributed by atoms with E-state index in [9.17, 15) is 18.0 Å². The molecule has 10 heteroatoms. The maximum Gasteiger partial charge on any atom is 0.248 e. The lowest BCUT2D eigenvalue weighted by Gasteiger charge is -2.25. The maximum absolute atomic E-state index is 12.3. The molecule has 1 aliphatic rings. The second kappa shape index (κ2) is 9.04. The van der Waals surface area contributed by atoms with Crippen molar-refractivity contribution in [1.29, 1.82) is 0 Å². The van der Waals surface area contributed by atoms with Crippen molar-refractivity contribution in [1.82, 2.24) is 0 Å². The Bertz CT molecular complexity index is 1050. The summed E-state index contributed by atoms with van der Waals surface area (Å²) in [7, 11) is -3.56. The average Bonchev–Trinajstić information content (AvgIpc) is 2.70. The Kier molecular flexibility index (Phi) is 6.46. The van der Waals surface area contributed by atoms with Crippen molar-refractivity contribution >= 4 is 33.2 Å². The van der Waals surface area contributed by atoms with Crippen LogP contribution >= 0.6 is 0 Å². The maximum atomic E-state index is 12.3. The molecule has 0 radical (unpaired) electrons. The van der Waals surface area contributed by atoms with Crippen LogP contribution in [0.15, 0.2) is 42.5 Å². The van der Waals surface area contributed by atoms with Gasteiger partial charge in [0.15, 0.2) is 11.5 Å². The molecule has 1 heterocycles. The summed E-state index contributed by atoms with van der Waals surface area (Å²) in [6.07, 6.45) is 1.50. The molecule has 0 spiro atoms. The molecule has 0 aliphatic carbocycles. The number of primary amides is 1. The fraction of sp³-hybridized carbons (Fsp3) is 0.300. The summed E-state index contributed by atoms with van der Waals surface area (Å²) in [5, 5.41) is 2.68. The quantitative estimate of drug-likeness (QED) is 0.653. The summed E-state index contributed by atoms with van der Waals surface area (Å²) in [4.78, 5) is 23.5. The molecule has 9 nitrogen and oxygen atoms in total. The third kappa shape index (κ3) is 5.41. The largest absolute Gasteiger partial charge is 0.486 e. The lowest BCUT2D eigenvalue weighted by atomic mass is 10.2. The Balaban J connectivity index is 1.62. The number of carbonyl (C=O) groups excluding carboxylic acids is 2. The highest BCUT2D eigenvalue weighted by molar-refractivity contribution is 7.92. The molecule has 3 rings (SSSR count). The van der Waals surface area contributed by atoms with Gasteiger partial charge in [0.1, 0.15) is 13.2 Å². The first kappa shape index (κ1) is 21.4. The molecule has 0 bridgehead atoms. The number of benzene rings is 2. The molecule has 0 unspecified atom stereocenters. The van der Waals surface area contributed by atoms with Crippen molar-refractivity contribution in [3.8, 4) is 11.5 Å². The van der Waals surface area contributed by atoms with Gasteiger partial charge in [-0.2, -0.15) is 0 Å². The van der Waals surface area contributed by atoms with Crippen molar-refractivity contribution in [2.75, 3.05) is 35.6 Å². The number of sulfonamides is 1. The summed E-state index contributed by atoms with van der Waals surface area (Å²) < 4.78 is 36.8. The first-order valence-corrected chi connectivity index (χ1v) is 11.2.